The molecule has 1 aliphatic carbocycles. The second kappa shape index (κ2) is 7.81. The Bertz CT molecular complexity index is 463. The van der Waals surface area contributed by atoms with Crippen LogP contribution in [0.1, 0.15) is 24.8 Å². The molecule has 0 aliphatic heterocycles. The summed E-state index contributed by atoms with van der Waals surface area (Å²) in [6.45, 7) is 4.50. The molecule has 110 valence electrons. The van der Waals surface area contributed by atoms with Crippen LogP contribution in [-0.4, -0.2) is 24.9 Å². The fraction of sp³-hybridized carbons (Fsp3) is 0.533. The van der Waals surface area contributed by atoms with Gasteiger partial charge in [-0.3, -0.25) is 0 Å². The van der Waals surface area contributed by atoms with E-state index in [-0.39, 0.29) is 0 Å². The molecule has 0 saturated heterocycles. The highest BCUT2D eigenvalue weighted by Crippen LogP contribution is 2.28. The predicted molar refractivity (Wildman–Crippen MR) is 88.6 cm³/mol. The van der Waals surface area contributed by atoms with E-state index in [9.17, 15) is 0 Å². The first-order chi connectivity index (χ1) is 9.66. The van der Waals surface area contributed by atoms with Gasteiger partial charge in [0.15, 0.2) is 5.11 Å². The van der Waals surface area contributed by atoms with E-state index in [1.54, 1.807) is 0 Å². The summed E-state index contributed by atoms with van der Waals surface area (Å²) in [4.78, 5) is 0. The number of benzene rings is 1. The Labute approximate surface area is 131 Å². The molecule has 0 radical (unpaired) electrons. The summed E-state index contributed by atoms with van der Waals surface area (Å²) in [5.41, 5.74) is 1.95. The average Bonchev–Trinajstić information content (AvgIpc) is 3.23. The molecule has 3 nitrogen and oxygen atoms in total. The fourth-order valence-electron chi connectivity index (χ4n) is 1.82. The van der Waals surface area contributed by atoms with Gasteiger partial charge < -0.3 is 15.4 Å². The van der Waals surface area contributed by atoms with Crippen LogP contribution in [0, 0.1) is 12.8 Å². The lowest BCUT2D eigenvalue weighted by Gasteiger charge is -2.13. The Balaban J connectivity index is 1.60. The first-order valence-electron chi connectivity index (χ1n) is 7.04. The summed E-state index contributed by atoms with van der Waals surface area (Å²) in [5, 5.41) is 7.71. The standard InChI is InChI=1S/C15H21ClN2OS/c1-11-13(16)4-2-5-14(11)18-15(20)17-8-3-9-19-10-12-6-7-12/h2,4-5,12H,3,6-10H2,1H3,(H2,17,18,20). The quantitative estimate of drug-likeness (QED) is 0.593. The molecule has 0 amide bonds. The smallest absolute Gasteiger partial charge is 0.170 e. The zero-order valence-corrected chi connectivity index (χ0v) is 13.3. The van der Waals surface area contributed by atoms with E-state index in [0.717, 1.165) is 48.4 Å². The average molecular weight is 313 g/mol. The van der Waals surface area contributed by atoms with Crippen molar-refractivity contribution < 1.29 is 4.74 Å². The van der Waals surface area contributed by atoms with Gasteiger partial charge in [-0.05, 0) is 62.0 Å². The van der Waals surface area contributed by atoms with Crippen molar-refractivity contribution in [3.63, 3.8) is 0 Å². The van der Waals surface area contributed by atoms with Gasteiger partial charge >= 0.3 is 0 Å². The minimum Gasteiger partial charge on any atom is -0.381 e. The molecule has 1 aliphatic rings. The van der Waals surface area contributed by atoms with Crippen molar-refractivity contribution in [1.82, 2.24) is 5.32 Å². The van der Waals surface area contributed by atoms with Crippen molar-refractivity contribution in [2.75, 3.05) is 25.1 Å². The van der Waals surface area contributed by atoms with Crippen LogP contribution in [-0.2, 0) is 4.74 Å². The van der Waals surface area contributed by atoms with Crippen LogP contribution in [0.3, 0.4) is 0 Å². The second-order valence-corrected chi connectivity index (χ2v) is 5.98. The first-order valence-corrected chi connectivity index (χ1v) is 7.83. The van der Waals surface area contributed by atoms with Crippen LogP contribution in [0.25, 0.3) is 0 Å². The fourth-order valence-corrected chi connectivity index (χ4v) is 2.21. The van der Waals surface area contributed by atoms with Crippen LogP contribution in [0.15, 0.2) is 18.2 Å². The number of rotatable bonds is 7. The van der Waals surface area contributed by atoms with Crippen molar-refractivity contribution in [3.05, 3.63) is 28.8 Å². The molecule has 0 heterocycles. The lowest BCUT2D eigenvalue weighted by atomic mass is 10.2. The highest BCUT2D eigenvalue weighted by atomic mass is 35.5. The molecule has 5 heteroatoms. The van der Waals surface area contributed by atoms with E-state index in [1.807, 2.05) is 25.1 Å². The predicted octanol–water partition coefficient (Wildman–Crippen LogP) is 3.75. The Kier molecular flexibility index (Phi) is 6.07. The van der Waals surface area contributed by atoms with Crippen LogP contribution < -0.4 is 10.6 Å². The number of nitrogens with one attached hydrogen (secondary N) is 2. The molecule has 1 aromatic carbocycles. The number of ether oxygens (including phenoxy) is 1. The van der Waals surface area contributed by atoms with Gasteiger partial charge in [0.05, 0.1) is 0 Å². The van der Waals surface area contributed by atoms with E-state index in [2.05, 4.69) is 10.6 Å². The number of thiocarbonyl (C=S) groups is 1. The third-order valence-electron chi connectivity index (χ3n) is 3.32. The highest BCUT2D eigenvalue weighted by Gasteiger charge is 2.20. The SMILES string of the molecule is Cc1c(Cl)cccc1NC(=S)NCCCOCC1CC1. The lowest BCUT2D eigenvalue weighted by Crippen LogP contribution is -2.30. The van der Waals surface area contributed by atoms with Gasteiger partial charge in [0.2, 0.25) is 0 Å². The van der Waals surface area contributed by atoms with Crippen LogP contribution in [0.4, 0.5) is 5.69 Å². The molecule has 2 rings (SSSR count). The molecule has 0 unspecified atom stereocenters. The molecule has 2 N–H and O–H groups in total. The van der Waals surface area contributed by atoms with Crippen LogP contribution >= 0.6 is 23.8 Å². The lowest BCUT2D eigenvalue weighted by molar-refractivity contribution is 0.123. The molecule has 20 heavy (non-hydrogen) atoms. The summed E-state index contributed by atoms with van der Waals surface area (Å²) in [6.07, 6.45) is 3.64. The van der Waals surface area contributed by atoms with E-state index < -0.39 is 0 Å². The monoisotopic (exact) mass is 312 g/mol. The molecule has 0 spiro atoms. The van der Waals surface area contributed by atoms with Gasteiger partial charge in [0.25, 0.3) is 0 Å². The van der Waals surface area contributed by atoms with Gasteiger partial charge in [0, 0.05) is 30.5 Å². The number of hydrogen-bond acceptors (Lipinski definition) is 2. The van der Waals surface area contributed by atoms with Gasteiger partial charge in [0.1, 0.15) is 0 Å². The molecule has 0 aromatic heterocycles. The molecule has 1 aromatic rings. The third-order valence-corrected chi connectivity index (χ3v) is 3.97. The molecule has 0 atom stereocenters. The maximum absolute atomic E-state index is 6.07. The van der Waals surface area contributed by atoms with Crippen molar-refractivity contribution in [2.24, 2.45) is 5.92 Å². The zero-order chi connectivity index (χ0) is 14.4. The topological polar surface area (TPSA) is 33.3 Å². The molecule has 1 saturated carbocycles. The van der Waals surface area contributed by atoms with Crippen molar-refractivity contribution >= 4 is 34.6 Å². The minimum atomic E-state index is 0.623. The Morgan fingerprint density at radius 3 is 3.00 bits per heavy atom. The summed E-state index contributed by atoms with van der Waals surface area (Å²) < 4.78 is 5.57. The Hall–Kier alpha value is -0.840. The van der Waals surface area contributed by atoms with Crippen LogP contribution in [0.5, 0.6) is 0 Å². The minimum absolute atomic E-state index is 0.623. The van der Waals surface area contributed by atoms with E-state index >= 15 is 0 Å². The van der Waals surface area contributed by atoms with E-state index in [1.165, 1.54) is 12.8 Å². The summed E-state index contributed by atoms with van der Waals surface area (Å²) in [6, 6.07) is 5.75. The maximum atomic E-state index is 6.07. The maximum Gasteiger partial charge on any atom is 0.170 e. The van der Waals surface area contributed by atoms with Gasteiger partial charge in [-0.25, -0.2) is 0 Å². The zero-order valence-electron chi connectivity index (χ0n) is 11.7. The van der Waals surface area contributed by atoms with Crippen molar-refractivity contribution in [1.29, 1.82) is 0 Å². The molecular formula is C15H21ClN2OS. The number of hydrogen-bond donors (Lipinski definition) is 2. The summed E-state index contributed by atoms with van der Waals surface area (Å²) in [5.74, 6) is 0.830. The van der Waals surface area contributed by atoms with E-state index in [0.29, 0.717) is 5.11 Å². The second-order valence-electron chi connectivity index (χ2n) is 5.17. The van der Waals surface area contributed by atoms with E-state index in [4.69, 9.17) is 28.6 Å². The molecular weight excluding hydrogens is 292 g/mol. The van der Waals surface area contributed by atoms with Crippen LogP contribution in [0.2, 0.25) is 5.02 Å². The van der Waals surface area contributed by atoms with Gasteiger partial charge in [-0.2, -0.15) is 0 Å². The number of halogens is 1. The highest BCUT2D eigenvalue weighted by molar-refractivity contribution is 7.80. The first kappa shape index (κ1) is 15.5. The van der Waals surface area contributed by atoms with Crippen molar-refractivity contribution in [3.8, 4) is 0 Å². The largest absolute Gasteiger partial charge is 0.381 e. The normalized spacial score (nSPS) is 14.1. The Morgan fingerprint density at radius 2 is 2.25 bits per heavy atom. The van der Waals surface area contributed by atoms with Gasteiger partial charge in [-0.15, -0.1) is 0 Å². The van der Waals surface area contributed by atoms with Crippen molar-refractivity contribution in [2.45, 2.75) is 26.2 Å². The summed E-state index contributed by atoms with van der Waals surface area (Å²) in [7, 11) is 0. The van der Waals surface area contributed by atoms with Gasteiger partial charge in [-0.1, -0.05) is 17.7 Å². The third kappa shape index (κ3) is 5.27. The Morgan fingerprint density at radius 1 is 1.45 bits per heavy atom. The summed E-state index contributed by atoms with van der Waals surface area (Å²) >= 11 is 11.3. The molecule has 0 bridgehead atoms. The number of anilines is 1. The molecule has 1 fully saturated rings.